The van der Waals surface area contributed by atoms with Gasteiger partial charge < -0.3 is 0 Å². The summed E-state index contributed by atoms with van der Waals surface area (Å²) in [5.74, 6) is 0. The lowest BCUT2D eigenvalue weighted by Crippen LogP contribution is -2.24. The van der Waals surface area contributed by atoms with Crippen LogP contribution in [0.15, 0.2) is 58.7 Å². The molecule has 0 saturated heterocycles. The summed E-state index contributed by atoms with van der Waals surface area (Å²) in [6, 6.07) is 16.1. The van der Waals surface area contributed by atoms with Crippen LogP contribution in [-0.4, -0.2) is 14.6 Å². The van der Waals surface area contributed by atoms with E-state index in [0.717, 1.165) is 17.1 Å². The lowest BCUT2D eigenvalue weighted by Gasteiger charge is -2.17. The van der Waals surface area contributed by atoms with Crippen LogP contribution in [0.1, 0.15) is 34.1 Å². The highest BCUT2D eigenvalue weighted by Gasteiger charge is 2.15. The van der Waals surface area contributed by atoms with Crippen molar-refractivity contribution < 1.29 is 0 Å². The van der Waals surface area contributed by atoms with E-state index in [1.54, 1.807) is 17.4 Å². The average molecular weight is 383 g/mol. The third kappa shape index (κ3) is 3.46. The molecule has 3 aromatic heterocycles. The van der Waals surface area contributed by atoms with E-state index in [2.05, 4.69) is 45.0 Å². The van der Waals surface area contributed by atoms with E-state index in [0.29, 0.717) is 11.5 Å². The Kier molecular flexibility index (Phi) is 4.92. The summed E-state index contributed by atoms with van der Waals surface area (Å²) in [5, 5.41) is 10.8. The molecule has 1 unspecified atom stereocenters. The zero-order valence-electron chi connectivity index (χ0n) is 14.3. The van der Waals surface area contributed by atoms with Crippen molar-refractivity contribution in [2.45, 2.75) is 25.9 Å². The Bertz CT molecular complexity index is 1050. The molecule has 1 N–H and O–H groups in total. The molecule has 0 amide bonds. The van der Waals surface area contributed by atoms with Gasteiger partial charge in [0, 0.05) is 17.5 Å². The molecule has 0 saturated carbocycles. The maximum atomic E-state index is 12.3. The summed E-state index contributed by atoms with van der Waals surface area (Å²) in [4.78, 5) is 18.8. The molecule has 7 heteroatoms. The second-order valence-electron chi connectivity index (χ2n) is 5.87. The van der Waals surface area contributed by atoms with Gasteiger partial charge in [0.05, 0.1) is 11.7 Å². The lowest BCUT2D eigenvalue weighted by molar-refractivity contribution is 0.603. The van der Waals surface area contributed by atoms with E-state index >= 15 is 0 Å². The van der Waals surface area contributed by atoms with Crippen LogP contribution in [0.2, 0.25) is 0 Å². The Morgan fingerprint density at radius 1 is 1.19 bits per heavy atom. The number of aryl methyl sites for hydroxylation is 1. The van der Waals surface area contributed by atoms with Gasteiger partial charge in [-0.1, -0.05) is 54.7 Å². The molecule has 5 nitrogen and oxygen atoms in total. The van der Waals surface area contributed by atoms with E-state index in [4.69, 9.17) is 0 Å². The van der Waals surface area contributed by atoms with Crippen molar-refractivity contribution in [1.82, 2.24) is 19.9 Å². The molecular formula is C19H18N4OS2. The Hall–Kier alpha value is -2.35. The third-order valence-corrected chi connectivity index (χ3v) is 6.08. The summed E-state index contributed by atoms with van der Waals surface area (Å²) < 4.78 is 1.39. The van der Waals surface area contributed by atoms with Gasteiger partial charge in [-0.15, -0.1) is 11.3 Å². The maximum Gasteiger partial charge on any atom is 0.275 e. The number of hydrogen-bond donors (Lipinski definition) is 1. The van der Waals surface area contributed by atoms with Crippen molar-refractivity contribution in [3.05, 3.63) is 85.4 Å². The topological polar surface area (TPSA) is 59.3 Å². The maximum absolute atomic E-state index is 12.3. The predicted octanol–water partition coefficient (Wildman–Crippen LogP) is 3.65. The first kappa shape index (κ1) is 17.1. The first-order valence-electron chi connectivity index (χ1n) is 8.45. The zero-order chi connectivity index (χ0) is 17.9. The van der Waals surface area contributed by atoms with Gasteiger partial charge in [-0.2, -0.15) is 9.61 Å². The number of benzene rings is 1. The van der Waals surface area contributed by atoms with Gasteiger partial charge in [-0.25, -0.2) is 4.98 Å². The van der Waals surface area contributed by atoms with E-state index < -0.39 is 0 Å². The second kappa shape index (κ2) is 7.49. The van der Waals surface area contributed by atoms with Crippen LogP contribution in [0, 0.1) is 0 Å². The van der Waals surface area contributed by atoms with Crippen LogP contribution >= 0.6 is 22.7 Å². The number of thiophene rings is 1. The monoisotopic (exact) mass is 382 g/mol. The predicted molar refractivity (Wildman–Crippen MR) is 106 cm³/mol. The molecule has 1 atom stereocenters. The van der Waals surface area contributed by atoms with Crippen molar-refractivity contribution >= 4 is 27.6 Å². The SMILES string of the molecule is CCc1nn2c(=O)cc(CNC(c3ccccc3)c3cccs3)nc2s1. The van der Waals surface area contributed by atoms with Gasteiger partial charge in [-0.3, -0.25) is 10.1 Å². The van der Waals surface area contributed by atoms with Gasteiger partial charge in [-0.05, 0) is 23.4 Å². The molecule has 26 heavy (non-hydrogen) atoms. The van der Waals surface area contributed by atoms with Crippen molar-refractivity contribution in [1.29, 1.82) is 0 Å². The number of nitrogens with zero attached hydrogens (tertiary/aromatic N) is 3. The minimum atomic E-state index is -0.130. The van der Waals surface area contributed by atoms with E-state index in [9.17, 15) is 4.79 Å². The first-order valence-corrected chi connectivity index (χ1v) is 10.1. The number of fused-ring (bicyclic) bond motifs is 1. The summed E-state index contributed by atoms with van der Waals surface area (Å²) in [5.41, 5.74) is 1.80. The lowest BCUT2D eigenvalue weighted by atomic mass is 10.1. The highest BCUT2D eigenvalue weighted by atomic mass is 32.1. The summed E-state index contributed by atoms with van der Waals surface area (Å²) in [6.07, 6.45) is 0.801. The number of hydrogen-bond acceptors (Lipinski definition) is 6. The van der Waals surface area contributed by atoms with Crippen LogP contribution in [0.5, 0.6) is 0 Å². The molecule has 0 radical (unpaired) electrons. The molecule has 132 valence electrons. The third-order valence-electron chi connectivity index (χ3n) is 4.09. The fourth-order valence-corrected chi connectivity index (χ4v) is 4.50. The Morgan fingerprint density at radius 3 is 2.77 bits per heavy atom. The second-order valence-corrected chi connectivity index (χ2v) is 7.89. The van der Waals surface area contributed by atoms with Gasteiger partial charge >= 0.3 is 0 Å². The van der Waals surface area contributed by atoms with Gasteiger partial charge in [0.25, 0.3) is 5.56 Å². The first-order chi connectivity index (χ1) is 12.7. The number of nitrogens with one attached hydrogen (secondary N) is 1. The van der Waals surface area contributed by atoms with Gasteiger partial charge in [0.2, 0.25) is 4.96 Å². The van der Waals surface area contributed by atoms with Crippen LogP contribution in [0.25, 0.3) is 4.96 Å². The normalized spacial score (nSPS) is 12.5. The van der Waals surface area contributed by atoms with Crippen molar-refractivity contribution in [2.75, 3.05) is 0 Å². The summed E-state index contributed by atoms with van der Waals surface area (Å²) in [6.45, 7) is 2.54. The molecular weight excluding hydrogens is 364 g/mol. The van der Waals surface area contributed by atoms with Crippen LogP contribution in [0.3, 0.4) is 0 Å². The molecule has 3 heterocycles. The summed E-state index contributed by atoms with van der Waals surface area (Å²) in [7, 11) is 0. The Morgan fingerprint density at radius 2 is 2.04 bits per heavy atom. The standard InChI is InChI=1S/C19H18N4OS2/c1-2-16-22-23-17(24)11-14(21-19(23)26-16)12-20-18(15-9-6-10-25-15)13-7-4-3-5-8-13/h3-11,18,20H,2,12H2,1H3. The van der Waals surface area contributed by atoms with Crippen LogP contribution in [-0.2, 0) is 13.0 Å². The van der Waals surface area contributed by atoms with E-state index in [1.807, 2.05) is 25.1 Å². The minimum Gasteiger partial charge on any atom is -0.300 e. The van der Waals surface area contributed by atoms with Crippen LogP contribution < -0.4 is 10.9 Å². The molecule has 0 spiro atoms. The Balaban J connectivity index is 1.62. The zero-order valence-corrected chi connectivity index (χ0v) is 15.9. The van der Waals surface area contributed by atoms with E-state index in [1.165, 1.54) is 26.3 Å². The molecule has 1 aromatic carbocycles. The van der Waals surface area contributed by atoms with Crippen molar-refractivity contribution in [2.24, 2.45) is 0 Å². The van der Waals surface area contributed by atoms with Crippen molar-refractivity contribution in [3.63, 3.8) is 0 Å². The number of aromatic nitrogens is 3. The highest BCUT2D eigenvalue weighted by Crippen LogP contribution is 2.26. The molecule has 0 aliphatic carbocycles. The fraction of sp³-hybridized carbons (Fsp3) is 0.211. The van der Waals surface area contributed by atoms with Crippen LogP contribution in [0.4, 0.5) is 0 Å². The average Bonchev–Trinajstić information content (AvgIpc) is 3.33. The molecule has 0 aliphatic rings. The molecule has 4 rings (SSSR count). The Labute approximate surface area is 159 Å². The van der Waals surface area contributed by atoms with Gasteiger partial charge in [0.15, 0.2) is 0 Å². The largest absolute Gasteiger partial charge is 0.300 e. The highest BCUT2D eigenvalue weighted by molar-refractivity contribution is 7.16. The quantitative estimate of drug-likeness (QED) is 0.553. The molecule has 4 aromatic rings. The molecule has 0 fully saturated rings. The van der Waals surface area contributed by atoms with Crippen molar-refractivity contribution in [3.8, 4) is 0 Å². The number of rotatable bonds is 6. The molecule has 0 aliphatic heterocycles. The fourth-order valence-electron chi connectivity index (χ4n) is 2.82. The molecule has 0 bridgehead atoms. The van der Waals surface area contributed by atoms with E-state index in [-0.39, 0.29) is 11.6 Å². The summed E-state index contributed by atoms with van der Waals surface area (Å²) >= 11 is 3.19. The smallest absolute Gasteiger partial charge is 0.275 e. The minimum absolute atomic E-state index is 0.0733. The van der Waals surface area contributed by atoms with Gasteiger partial charge in [0.1, 0.15) is 5.01 Å².